The summed E-state index contributed by atoms with van der Waals surface area (Å²) in [6, 6.07) is -21.6. The lowest BCUT2D eigenvalue weighted by atomic mass is 9.97. The van der Waals surface area contributed by atoms with Gasteiger partial charge in [-0.25, -0.2) is 4.79 Å². The van der Waals surface area contributed by atoms with Gasteiger partial charge in [-0.3, -0.25) is 86.8 Å². The molecule has 0 aliphatic carbocycles. The van der Waals surface area contributed by atoms with E-state index in [1.165, 1.54) is 20.8 Å². The fraction of sp³-hybridized carbons (Fsp3) is 0.780. The molecule has 1 aliphatic rings. The van der Waals surface area contributed by atoms with E-state index < -0.39 is 285 Å². The highest BCUT2D eigenvalue weighted by atomic mass is 16.5. The molecule has 0 aromatic rings. The van der Waals surface area contributed by atoms with Gasteiger partial charge in [0.1, 0.15) is 85.3 Å². The van der Waals surface area contributed by atoms with Crippen LogP contribution in [0.5, 0.6) is 0 Å². The Hall–Kier alpha value is -9.66. The fourth-order valence-corrected chi connectivity index (χ4v) is 13.2. The van der Waals surface area contributed by atoms with E-state index in [4.69, 9.17) is 27.7 Å². The van der Waals surface area contributed by atoms with E-state index in [0.29, 0.717) is 12.8 Å². The van der Waals surface area contributed by atoms with Crippen molar-refractivity contribution in [3.8, 4) is 0 Å². The molecule has 17 amide bonds. The second kappa shape index (κ2) is 56.1. The lowest BCUT2D eigenvalue weighted by molar-refractivity contribution is -0.152. The summed E-state index contributed by atoms with van der Waals surface area (Å²) < 4.78 is 5.82. The minimum atomic E-state index is -2.04. The van der Waals surface area contributed by atoms with E-state index in [9.17, 15) is 86.9 Å². The van der Waals surface area contributed by atoms with Gasteiger partial charge in [0.15, 0.2) is 0 Å². The highest BCUT2D eigenvalue weighted by Gasteiger charge is 2.41. The molecule has 2 unspecified atom stereocenters. The van der Waals surface area contributed by atoms with Crippen LogP contribution in [0.1, 0.15) is 259 Å². The molecule has 1 heterocycles. The average molecular weight is 1720 g/mol. The van der Waals surface area contributed by atoms with Crippen LogP contribution in [0.3, 0.4) is 0 Å². The number of esters is 1. The second-order valence-electron chi connectivity index (χ2n) is 34.7. The Bertz CT molecular complexity index is 3430. The zero-order valence-electron chi connectivity index (χ0n) is 74.4. The van der Waals surface area contributed by atoms with Gasteiger partial charge >= 0.3 is 5.97 Å². The van der Waals surface area contributed by atoms with Crippen molar-refractivity contribution in [2.24, 2.45) is 70.3 Å². The SMILES string of the molecule is CCCCCCC[C@@H](O)CC(=O)N[C@@H](CC(C)C)C(=O)N[C@H](C)C(=O)N[C@H](CCC(N)=O)C(=O)N[C@@H](C(=O)N[C@H](CC(C)C)C(=O)N[C@@H](CCC(N)=O)C(=O)N[C@@H]1COC(=O)[C@H]([C@@H](C)CC)NC(=O)[C@@H](CCC(N)=O)NC(=O)[C@H](CC(C)C)NC(=O)[C@H](CC(C)C)NC(=O)[C@@H](CCC(N)=O)NC(=O)C(CC(C)C)NC(O)[C@@H](C(C)C)NC1=O)C(C)C. The van der Waals surface area contributed by atoms with Crippen molar-refractivity contribution in [2.75, 3.05) is 6.61 Å². The molecule has 17 atom stereocenters. The largest absolute Gasteiger partial charge is 0.461 e. The number of amides is 17. The zero-order valence-corrected chi connectivity index (χ0v) is 74.4. The first-order chi connectivity index (χ1) is 56.4. The first-order valence-electron chi connectivity index (χ1n) is 42.8. The monoisotopic (exact) mass is 1720 g/mol. The van der Waals surface area contributed by atoms with Crippen LogP contribution in [0.25, 0.3) is 0 Å². The van der Waals surface area contributed by atoms with Crippen molar-refractivity contribution in [1.29, 1.82) is 0 Å². The Morgan fingerprint density at radius 3 is 1.31 bits per heavy atom. The maximum atomic E-state index is 15.1. The van der Waals surface area contributed by atoms with E-state index in [0.717, 1.165) is 25.7 Å². The molecule has 0 spiro atoms. The lowest BCUT2D eigenvalue weighted by Gasteiger charge is -2.33. The standard InChI is InChI=1S/C82H146N18O21/c1-19-21-22-23-24-25-50(101)39-65(106)88-55(34-41(3)4)74(112)87-49(18)69(107)89-53(28-32-63(85)104)72(110)98-66(46(13)14)80(118)95-59(38-45(11)12)77(115)91-52(27-31-62(84)103)71(109)97-60-40-121-82(120)68(48(17)20-2)100-73(111)54(29-33-64(86)105)92-75(113)56(35-42(5)6)94-78(116)57(36-43(7)8)93-70(108)51(26-30-61(83)102)90-76(114)58(37-44(9)10)96-81(119)67(47(15)16)99-79(60)117/h41-60,66-68,81,96,101,119H,19-40H2,1-18H3,(H2,83,102)(H2,84,103)(H2,85,104)(H2,86,105)(H,87,112)(H,88,106)(H,89,107)(H,90,114)(H,91,115)(H,92,113)(H,93,108)(H,94,116)(H,95,118)(H,97,109)(H,98,110)(H,99,117)(H,100,111)/t48-,49+,50+,51+,52-,53+,54+,55-,56-,57-,58?,59+,60+,66+,67+,68-,81?/m0/s1. The van der Waals surface area contributed by atoms with E-state index in [2.05, 4.69) is 81.4 Å². The Morgan fingerprint density at radius 1 is 0.438 bits per heavy atom. The molecule has 1 aliphatic heterocycles. The van der Waals surface area contributed by atoms with Gasteiger partial charge in [-0.2, -0.15) is 0 Å². The molecular formula is C82H146N18O21. The quantitative estimate of drug-likeness (QED) is 0.0254. The van der Waals surface area contributed by atoms with Crippen LogP contribution in [0, 0.1) is 47.3 Å². The highest BCUT2D eigenvalue weighted by molar-refractivity contribution is 6.00. The van der Waals surface area contributed by atoms with Crippen LogP contribution in [-0.2, 0) is 91.0 Å². The molecule has 0 bridgehead atoms. The van der Waals surface area contributed by atoms with E-state index in [1.807, 2.05) is 13.8 Å². The number of aliphatic hydroxyl groups is 2. The summed E-state index contributed by atoms with van der Waals surface area (Å²) in [6.45, 7) is 29.1. The molecule has 0 aromatic carbocycles. The maximum Gasteiger partial charge on any atom is 0.329 e. The third-order valence-corrected chi connectivity index (χ3v) is 20.2. The number of cyclic esters (lactones) is 1. The van der Waals surface area contributed by atoms with Crippen molar-refractivity contribution in [2.45, 2.75) is 356 Å². The van der Waals surface area contributed by atoms with E-state index in [1.54, 1.807) is 83.1 Å². The third kappa shape index (κ3) is 43.6. The van der Waals surface area contributed by atoms with Crippen LogP contribution in [-0.4, -0.2) is 220 Å². The summed E-state index contributed by atoms with van der Waals surface area (Å²) in [4.78, 5) is 252. The number of ether oxygens (including phenoxy) is 1. The minimum absolute atomic E-state index is 0.0272. The molecule has 1 fully saturated rings. The summed E-state index contributed by atoms with van der Waals surface area (Å²) >= 11 is 0. The van der Waals surface area contributed by atoms with Gasteiger partial charge in [0.25, 0.3) is 0 Å². The number of aliphatic hydroxyl groups excluding tert-OH is 2. The van der Waals surface area contributed by atoms with Crippen LogP contribution in [0.15, 0.2) is 0 Å². The number of hydrogen-bond donors (Lipinski definition) is 20. The fourth-order valence-electron chi connectivity index (χ4n) is 13.2. The summed E-state index contributed by atoms with van der Waals surface area (Å²) in [5.74, 6) is -21.1. The first-order valence-corrected chi connectivity index (χ1v) is 42.8. The molecule has 0 saturated carbocycles. The zero-order chi connectivity index (χ0) is 92.4. The van der Waals surface area contributed by atoms with Gasteiger partial charge in [0.2, 0.25) is 100 Å². The van der Waals surface area contributed by atoms with Crippen molar-refractivity contribution in [1.82, 2.24) is 74.4 Å². The number of unbranched alkanes of at least 4 members (excludes halogenated alkanes) is 4. The van der Waals surface area contributed by atoms with Crippen LogP contribution >= 0.6 is 0 Å². The van der Waals surface area contributed by atoms with Gasteiger partial charge in [-0.15, -0.1) is 0 Å². The normalized spacial score (nSPS) is 21.6. The van der Waals surface area contributed by atoms with Crippen molar-refractivity contribution in [3.63, 3.8) is 0 Å². The number of primary amides is 4. The predicted octanol–water partition coefficient (Wildman–Crippen LogP) is -1.10. The van der Waals surface area contributed by atoms with Crippen molar-refractivity contribution < 1.29 is 101 Å². The molecule has 1 saturated heterocycles. The summed E-state index contributed by atoms with van der Waals surface area (Å²) in [7, 11) is 0. The molecular weight excluding hydrogens is 1570 g/mol. The minimum Gasteiger partial charge on any atom is -0.461 e. The molecule has 1 rings (SSSR count). The molecule has 690 valence electrons. The molecule has 39 heteroatoms. The van der Waals surface area contributed by atoms with Crippen LogP contribution in [0.4, 0.5) is 0 Å². The topological polar surface area (TPSA) is 629 Å². The molecule has 39 nitrogen and oxygen atoms in total. The first kappa shape index (κ1) is 109. The number of carbonyl (C=O) groups is 18. The Balaban J connectivity index is 4.15. The van der Waals surface area contributed by atoms with E-state index >= 15 is 9.59 Å². The number of rotatable bonds is 47. The summed E-state index contributed by atoms with van der Waals surface area (Å²) in [5.41, 5.74) is 22.2. The highest BCUT2D eigenvalue weighted by Crippen LogP contribution is 2.20. The van der Waals surface area contributed by atoms with Gasteiger partial charge in [-0.05, 0) is 118 Å². The molecule has 0 radical (unpaired) electrons. The second-order valence-corrected chi connectivity index (χ2v) is 34.7. The number of hydrogen-bond acceptors (Lipinski definition) is 22. The smallest absolute Gasteiger partial charge is 0.329 e. The number of carbonyl (C=O) groups excluding carboxylic acids is 18. The van der Waals surface area contributed by atoms with Crippen molar-refractivity contribution in [3.05, 3.63) is 0 Å². The molecule has 121 heavy (non-hydrogen) atoms. The number of nitrogens with two attached hydrogens (primary N) is 4. The lowest BCUT2D eigenvalue weighted by Crippen LogP contribution is -2.63. The summed E-state index contributed by atoms with van der Waals surface area (Å²) in [6.07, 6.45) is -1.84. The van der Waals surface area contributed by atoms with Gasteiger partial charge in [0, 0.05) is 25.7 Å². The Kier molecular flexibility index (Phi) is 50.7. The number of nitrogens with one attached hydrogen (secondary N) is 14. The van der Waals surface area contributed by atoms with Crippen LogP contribution < -0.4 is 97.4 Å². The van der Waals surface area contributed by atoms with Gasteiger partial charge in [-0.1, -0.05) is 156 Å². The van der Waals surface area contributed by atoms with Crippen molar-refractivity contribution >= 4 is 106 Å². The summed E-state index contributed by atoms with van der Waals surface area (Å²) in [5, 5.41) is 59.2. The Labute approximate surface area is 712 Å². The average Bonchev–Trinajstić information content (AvgIpc) is 0.981. The predicted molar refractivity (Wildman–Crippen MR) is 449 cm³/mol. The van der Waals surface area contributed by atoms with Gasteiger partial charge < -0.3 is 107 Å². The van der Waals surface area contributed by atoms with Gasteiger partial charge in [0.05, 0.1) is 24.6 Å². The van der Waals surface area contributed by atoms with Crippen LogP contribution in [0.2, 0.25) is 0 Å². The third-order valence-electron chi connectivity index (χ3n) is 20.2. The molecule has 24 N–H and O–H groups in total. The maximum absolute atomic E-state index is 15.1. The Morgan fingerprint density at radius 2 is 0.851 bits per heavy atom. The van der Waals surface area contributed by atoms with E-state index in [-0.39, 0.29) is 68.6 Å². The molecule has 0 aromatic heterocycles.